The first-order chi connectivity index (χ1) is 13.1. The summed E-state index contributed by atoms with van der Waals surface area (Å²) in [6.45, 7) is 1.79. The number of aryl methyl sites for hydroxylation is 1. The molecule has 0 unspecified atom stereocenters. The molecule has 2 heterocycles. The fourth-order valence-corrected chi connectivity index (χ4v) is 2.75. The number of benzene rings is 2. The first kappa shape index (κ1) is 16.7. The summed E-state index contributed by atoms with van der Waals surface area (Å²) < 4.78 is 2.32. The first-order valence-corrected chi connectivity index (χ1v) is 8.49. The monoisotopic (exact) mass is 359 g/mol. The third-order valence-corrected chi connectivity index (χ3v) is 4.14. The molecule has 2 aromatic carbocycles. The molecule has 0 saturated carbocycles. The van der Waals surface area contributed by atoms with Gasteiger partial charge in [-0.3, -0.25) is 4.79 Å². The van der Waals surface area contributed by atoms with Crippen LogP contribution in [-0.4, -0.2) is 25.3 Å². The predicted octanol–water partition coefficient (Wildman–Crippen LogP) is 2.51. The van der Waals surface area contributed by atoms with Gasteiger partial charge >= 0.3 is 5.69 Å². The molecular weight excluding hydrogens is 342 g/mol. The second-order valence-corrected chi connectivity index (χ2v) is 6.21. The van der Waals surface area contributed by atoms with Gasteiger partial charge in [0.1, 0.15) is 6.54 Å². The van der Waals surface area contributed by atoms with Crippen LogP contribution in [0.5, 0.6) is 0 Å². The van der Waals surface area contributed by atoms with Crippen LogP contribution in [-0.2, 0) is 11.3 Å². The number of nitrogens with one attached hydrogen (secondary N) is 1. The molecule has 0 fully saturated rings. The van der Waals surface area contributed by atoms with Crippen LogP contribution >= 0.6 is 0 Å². The second kappa shape index (κ2) is 6.87. The number of aromatic nitrogens is 4. The van der Waals surface area contributed by atoms with E-state index in [4.69, 9.17) is 0 Å². The Bertz CT molecular complexity index is 1160. The second-order valence-electron chi connectivity index (χ2n) is 6.21. The van der Waals surface area contributed by atoms with Gasteiger partial charge in [0.05, 0.1) is 5.69 Å². The molecule has 134 valence electrons. The highest BCUT2D eigenvalue weighted by Crippen LogP contribution is 2.15. The Kier molecular flexibility index (Phi) is 4.25. The maximum absolute atomic E-state index is 12.6. The van der Waals surface area contributed by atoms with Crippen molar-refractivity contribution < 1.29 is 4.79 Å². The van der Waals surface area contributed by atoms with Gasteiger partial charge < -0.3 is 5.32 Å². The van der Waals surface area contributed by atoms with Crippen molar-refractivity contribution >= 4 is 17.2 Å². The molecular formula is C20H17N5O2. The highest BCUT2D eigenvalue weighted by atomic mass is 16.2. The van der Waals surface area contributed by atoms with E-state index in [0.717, 1.165) is 15.8 Å². The predicted molar refractivity (Wildman–Crippen MR) is 102 cm³/mol. The highest BCUT2D eigenvalue weighted by molar-refractivity contribution is 5.90. The molecule has 27 heavy (non-hydrogen) atoms. The molecule has 7 nitrogen and oxygen atoms in total. The number of rotatable bonds is 4. The van der Waals surface area contributed by atoms with E-state index in [1.807, 2.05) is 61.5 Å². The largest absolute Gasteiger partial charge is 0.367 e. The molecule has 0 aliphatic carbocycles. The lowest BCUT2D eigenvalue weighted by molar-refractivity contribution is -0.117. The topological polar surface area (TPSA) is 81.3 Å². The molecule has 1 amide bonds. The number of nitrogens with zero attached hydrogens (tertiary/aromatic N) is 4. The summed E-state index contributed by atoms with van der Waals surface area (Å²) in [6, 6.07) is 20.5. The molecule has 0 aliphatic rings. The molecule has 0 aliphatic heterocycles. The van der Waals surface area contributed by atoms with E-state index < -0.39 is 5.69 Å². The molecule has 7 heteroatoms. The SMILES string of the molecule is Cc1ccc(NC(=O)Cn2nc3ccc(-c4ccccc4)nn3c2=O)cc1. The minimum absolute atomic E-state index is 0.184. The smallest absolute Gasteiger partial charge is 0.324 e. The Balaban J connectivity index is 1.59. The van der Waals surface area contributed by atoms with Crippen molar-refractivity contribution in [3.63, 3.8) is 0 Å². The van der Waals surface area contributed by atoms with Gasteiger partial charge in [0.25, 0.3) is 0 Å². The van der Waals surface area contributed by atoms with Crippen LogP contribution in [0.15, 0.2) is 71.5 Å². The fraction of sp³-hybridized carbons (Fsp3) is 0.100. The van der Waals surface area contributed by atoms with Crippen molar-refractivity contribution in [2.45, 2.75) is 13.5 Å². The van der Waals surface area contributed by atoms with E-state index >= 15 is 0 Å². The van der Waals surface area contributed by atoms with Crippen molar-refractivity contribution in [2.75, 3.05) is 5.32 Å². The zero-order valence-corrected chi connectivity index (χ0v) is 14.7. The zero-order chi connectivity index (χ0) is 18.8. The molecule has 4 rings (SSSR count). The maximum atomic E-state index is 12.6. The van der Waals surface area contributed by atoms with E-state index in [9.17, 15) is 9.59 Å². The van der Waals surface area contributed by atoms with Crippen LogP contribution in [0.4, 0.5) is 5.69 Å². The maximum Gasteiger partial charge on any atom is 0.367 e. The van der Waals surface area contributed by atoms with Crippen molar-refractivity contribution in [1.29, 1.82) is 0 Å². The van der Waals surface area contributed by atoms with Gasteiger partial charge in [-0.1, -0.05) is 48.0 Å². The lowest BCUT2D eigenvalue weighted by Crippen LogP contribution is -2.28. The Morgan fingerprint density at radius 3 is 2.44 bits per heavy atom. The van der Waals surface area contributed by atoms with Crippen molar-refractivity contribution in [2.24, 2.45) is 0 Å². The summed E-state index contributed by atoms with van der Waals surface area (Å²) in [5.41, 5.74) is 3.27. The van der Waals surface area contributed by atoms with Gasteiger partial charge in [0.2, 0.25) is 5.91 Å². The average Bonchev–Trinajstić information content (AvgIpc) is 2.99. The highest BCUT2D eigenvalue weighted by Gasteiger charge is 2.13. The number of anilines is 1. The first-order valence-electron chi connectivity index (χ1n) is 8.49. The molecule has 0 radical (unpaired) electrons. The Morgan fingerprint density at radius 1 is 0.963 bits per heavy atom. The summed E-state index contributed by atoms with van der Waals surface area (Å²) in [5.74, 6) is -0.326. The van der Waals surface area contributed by atoms with Gasteiger partial charge in [-0.2, -0.15) is 9.61 Å². The van der Waals surface area contributed by atoms with E-state index in [0.29, 0.717) is 17.0 Å². The van der Waals surface area contributed by atoms with Gasteiger partial charge in [-0.25, -0.2) is 9.48 Å². The van der Waals surface area contributed by atoms with E-state index in [1.165, 1.54) is 4.52 Å². The summed E-state index contributed by atoms with van der Waals surface area (Å²) in [5, 5.41) is 11.3. The Morgan fingerprint density at radius 2 is 1.70 bits per heavy atom. The van der Waals surface area contributed by atoms with Crippen LogP contribution in [0, 0.1) is 6.92 Å². The summed E-state index contributed by atoms with van der Waals surface area (Å²) in [4.78, 5) is 24.8. The molecule has 2 aromatic heterocycles. The number of hydrogen-bond acceptors (Lipinski definition) is 4. The third-order valence-electron chi connectivity index (χ3n) is 4.14. The van der Waals surface area contributed by atoms with Gasteiger partial charge in [0, 0.05) is 11.3 Å². The molecule has 0 bridgehead atoms. The van der Waals surface area contributed by atoms with Crippen LogP contribution < -0.4 is 11.0 Å². The molecule has 0 saturated heterocycles. The van der Waals surface area contributed by atoms with E-state index in [2.05, 4.69) is 15.5 Å². The summed E-state index contributed by atoms with van der Waals surface area (Å²) in [6.07, 6.45) is 0. The van der Waals surface area contributed by atoms with Crippen LogP contribution in [0.1, 0.15) is 5.56 Å². The number of carbonyl (C=O) groups excluding carboxylic acids is 1. The zero-order valence-electron chi connectivity index (χ0n) is 14.7. The Hall–Kier alpha value is -3.74. The quantitative estimate of drug-likeness (QED) is 0.607. The van der Waals surface area contributed by atoms with Crippen LogP contribution in [0.25, 0.3) is 16.9 Å². The number of hydrogen-bond donors (Lipinski definition) is 1. The third kappa shape index (κ3) is 3.48. The number of amides is 1. The summed E-state index contributed by atoms with van der Waals surface area (Å²) >= 11 is 0. The fourth-order valence-electron chi connectivity index (χ4n) is 2.75. The lowest BCUT2D eigenvalue weighted by atomic mass is 10.1. The van der Waals surface area contributed by atoms with Gasteiger partial charge in [-0.15, -0.1) is 5.10 Å². The number of fused-ring (bicyclic) bond motifs is 1. The number of carbonyl (C=O) groups is 1. The molecule has 1 N–H and O–H groups in total. The molecule has 0 atom stereocenters. The lowest BCUT2D eigenvalue weighted by Gasteiger charge is -2.04. The normalized spacial score (nSPS) is 10.9. The summed E-state index contributed by atoms with van der Waals surface area (Å²) in [7, 11) is 0. The van der Waals surface area contributed by atoms with E-state index in [1.54, 1.807) is 12.1 Å². The Labute approximate surface area is 154 Å². The van der Waals surface area contributed by atoms with Gasteiger partial charge in [0.15, 0.2) is 5.65 Å². The average molecular weight is 359 g/mol. The van der Waals surface area contributed by atoms with E-state index in [-0.39, 0.29) is 12.5 Å². The molecule has 0 spiro atoms. The van der Waals surface area contributed by atoms with Crippen LogP contribution in [0.2, 0.25) is 0 Å². The van der Waals surface area contributed by atoms with Crippen molar-refractivity contribution in [1.82, 2.24) is 19.4 Å². The van der Waals surface area contributed by atoms with Crippen molar-refractivity contribution in [3.8, 4) is 11.3 Å². The minimum Gasteiger partial charge on any atom is -0.324 e. The van der Waals surface area contributed by atoms with Crippen molar-refractivity contribution in [3.05, 3.63) is 82.8 Å². The van der Waals surface area contributed by atoms with Crippen LogP contribution in [0.3, 0.4) is 0 Å². The standard InChI is InChI=1S/C20H17N5O2/c1-14-7-9-16(10-8-14)21-19(26)13-24-20(27)25-18(23-24)12-11-17(22-25)15-5-3-2-4-6-15/h2-12H,13H2,1H3,(H,21,26). The molecule has 4 aromatic rings. The van der Waals surface area contributed by atoms with Gasteiger partial charge in [-0.05, 0) is 31.2 Å². The minimum atomic E-state index is -0.457.